The second kappa shape index (κ2) is 68.0. The fraction of sp³-hybridized carbons (Fsp3) is 0.787. The number of allylic oxidation sites excluding steroid dienone is 12. The van der Waals surface area contributed by atoms with Crippen LogP contribution in [0.15, 0.2) is 72.9 Å². The van der Waals surface area contributed by atoms with E-state index < -0.39 is 97.5 Å². The van der Waals surface area contributed by atoms with Crippen LogP contribution in [0, 0.1) is 0 Å². The average molecular weight is 1370 g/mol. The molecule has 5 unspecified atom stereocenters. The molecule has 17 nitrogen and oxygen atoms in total. The van der Waals surface area contributed by atoms with Crippen molar-refractivity contribution in [2.75, 3.05) is 39.6 Å². The Morgan fingerprint density at radius 2 is 0.574 bits per heavy atom. The summed E-state index contributed by atoms with van der Waals surface area (Å²) in [4.78, 5) is 72.7. The van der Waals surface area contributed by atoms with Crippen LogP contribution in [0.2, 0.25) is 0 Å². The van der Waals surface area contributed by atoms with E-state index in [1.165, 1.54) is 103 Å². The molecule has 0 spiro atoms. The van der Waals surface area contributed by atoms with Crippen LogP contribution in [0.5, 0.6) is 0 Å². The third-order valence-corrected chi connectivity index (χ3v) is 17.6. The summed E-state index contributed by atoms with van der Waals surface area (Å²) >= 11 is 0. The Balaban J connectivity index is 5.35. The second-order valence-electron chi connectivity index (χ2n) is 24.9. The van der Waals surface area contributed by atoms with E-state index in [2.05, 4.69) is 101 Å². The first-order chi connectivity index (χ1) is 45.7. The van der Waals surface area contributed by atoms with Gasteiger partial charge in [-0.25, -0.2) is 9.13 Å². The van der Waals surface area contributed by atoms with E-state index in [4.69, 9.17) is 37.0 Å². The highest BCUT2D eigenvalue weighted by atomic mass is 31.2. The SMILES string of the molecule is CC/C=C\C/C=C\C/C=C\C/C=C\CCCCC(=O)OCC(COP(=O)(O)OCC(O)COP(=O)(O)OCC(COC(=O)CCCCCCC/C=C\C/C=C\CCC)OC(=O)CCCCCCCCCCCCCCC)OC(=O)CCCCCCCCCCCCCCC. The van der Waals surface area contributed by atoms with E-state index in [0.29, 0.717) is 25.7 Å². The normalized spacial score (nSPS) is 14.4. The average Bonchev–Trinajstić information content (AvgIpc) is 1.67. The fourth-order valence-corrected chi connectivity index (χ4v) is 11.6. The molecular weight excluding hydrogens is 1230 g/mol. The quantitative estimate of drug-likeness (QED) is 0.0169. The number of phosphoric ester groups is 2. The molecule has 0 rings (SSSR count). The van der Waals surface area contributed by atoms with Gasteiger partial charge < -0.3 is 33.8 Å². The van der Waals surface area contributed by atoms with Crippen LogP contribution in [0.25, 0.3) is 0 Å². The third kappa shape index (κ3) is 67.1. The van der Waals surface area contributed by atoms with Crippen LogP contribution in [0.1, 0.15) is 323 Å². The van der Waals surface area contributed by atoms with Gasteiger partial charge in [-0.05, 0) is 89.9 Å². The molecule has 0 aromatic heterocycles. The van der Waals surface area contributed by atoms with Crippen molar-refractivity contribution in [3.8, 4) is 0 Å². The molecule has 19 heteroatoms. The second-order valence-corrected chi connectivity index (χ2v) is 27.8. The van der Waals surface area contributed by atoms with Crippen molar-refractivity contribution in [3.05, 3.63) is 72.9 Å². The predicted octanol–water partition coefficient (Wildman–Crippen LogP) is 20.9. The van der Waals surface area contributed by atoms with Gasteiger partial charge in [0.1, 0.15) is 19.3 Å². The number of hydrogen-bond acceptors (Lipinski definition) is 15. The molecule has 0 aliphatic carbocycles. The van der Waals surface area contributed by atoms with Gasteiger partial charge >= 0.3 is 39.5 Å². The number of carbonyl (C=O) groups is 4. The summed E-state index contributed by atoms with van der Waals surface area (Å²) in [5.41, 5.74) is 0. The number of aliphatic hydroxyl groups is 1. The van der Waals surface area contributed by atoms with Crippen molar-refractivity contribution < 1.29 is 80.2 Å². The van der Waals surface area contributed by atoms with E-state index in [1.54, 1.807) is 0 Å². The Kier molecular flexibility index (Phi) is 65.5. The molecule has 0 fully saturated rings. The number of aliphatic hydroxyl groups excluding tert-OH is 1. The molecule has 0 saturated carbocycles. The van der Waals surface area contributed by atoms with Gasteiger partial charge in [0.25, 0.3) is 0 Å². The van der Waals surface area contributed by atoms with Gasteiger partial charge in [-0.3, -0.25) is 37.3 Å². The molecule has 0 radical (unpaired) electrons. The highest BCUT2D eigenvalue weighted by Gasteiger charge is 2.30. The van der Waals surface area contributed by atoms with E-state index in [0.717, 1.165) is 141 Å². The molecule has 0 saturated heterocycles. The van der Waals surface area contributed by atoms with Gasteiger partial charge in [-0.15, -0.1) is 0 Å². The molecule has 0 aromatic rings. The lowest BCUT2D eigenvalue weighted by Crippen LogP contribution is -2.30. The molecule has 0 aromatic carbocycles. The lowest BCUT2D eigenvalue weighted by molar-refractivity contribution is -0.161. The Hall–Kier alpha value is -3.50. The maximum Gasteiger partial charge on any atom is 0.472 e. The molecule has 5 atom stereocenters. The first kappa shape index (κ1) is 90.5. The Labute approximate surface area is 571 Å². The molecule has 0 bridgehead atoms. The topological polar surface area (TPSA) is 237 Å². The Morgan fingerprint density at radius 3 is 0.915 bits per heavy atom. The van der Waals surface area contributed by atoms with E-state index in [9.17, 15) is 43.2 Å². The lowest BCUT2D eigenvalue weighted by atomic mass is 10.0. The van der Waals surface area contributed by atoms with Crippen LogP contribution in [-0.2, 0) is 65.4 Å². The fourth-order valence-electron chi connectivity index (χ4n) is 10.0. The van der Waals surface area contributed by atoms with Crippen LogP contribution in [-0.4, -0.2) is 96.7 Å². The van der Waals surface area contributed by atoms with E-state index in [-0.39, 0.29) is 25.7 Å². The van der Waals surface area contributed by atoms with Crippen LogP contribution < -0.4 is 0 Å². The number of esters is 4. The number of carbonyl (C=O) groups excluding carboxylic acids is 4. The number of rotatable bonds is 70. The molecule has 0 aliphatic heterocycles. The van der Waals surface area contributed by atoms with Crippen molar-refractivity contribution in [2.45, 2.75) is 341 Å². The predicted molar refractivity (Wildman–Crippen MR) is 381 cm³/mol. The van der Waals surface area contributed by atoms with E-state index >= 15 is 0 Å². The molecule has 0 heterocycles. The van der Waals surface area contributed by atoms with Crippen molar-refractivity contribution in [1.82, 2.24) is 0 Å². The minimum Gasteiger partial charge on any atom is -0.462 e. The minimum atomic E-state index is -4.97. The maximum absolute atomic E-state index is 13.0. The lowest BCUT2D eigenvalue weighted by Gasteiger charge is -2.21. The zero-order valence-corrected chi connectivity index (χ0v) is 61.2. The number of ether oxygens (including phenoxy) is 4. The van der Waals surface area contributed by atoms with Crippen LogP contribution >= 0.6 is 15.6 Å². The van der Waals surface area contributed by atoms with Crippen molar-refractivity contribution in [2.24, 2.45) is 0 Å². The Bertz CT molecular complexity index is 2070. The largest absolute Gasteiger partial charge is 0.472 e. The first-order valence-corrected chi connectivity index (χ1v) is 40.2. The van der Waals surface area contributed by atoms with Crippen LogP contribution in [0.3, 0.4) is 0 Å². The van der Waals surface area contributed by atoms with Crippen LogP contribution in [0.4, 0.5) is 0 Å². The molecule has 94 heavy (non-hydrogen) atoms. The van der Waals surface area contributed by atoms with Gasteiger partial charge in [-0.1, -0.05) is 280 Å². The van der Waals surface area contributed by atoms with Gasteiger partial charge in [0.2, 0.25) is 0 Å². The minimum absolute atomic E-state index is 0.0906. The summed E-state index contributed by atoms with van der Waals surface area (Å²) in [6, 6.07) is 0. The molecular formula is C75H134O17P2. The molecule has 3 N–H and O–H groups in total. The summed E-state index contributed by atoms with van der Waals surface area (Å²) in [5, 5.41) is 10.6. The van der Waals surface area contributed by atoms with Gasteiger partial charge in [-0.2, -0.15) is 0 Å². The molecule has 0 amide bonds. The van der Waals surface area contributed by atoms with Crippen molar-refractivity contribution in [3.63, 3.8) is 0 Å². The summed E-state index contributed by atoms with van der Waals surface area (Å²) in [5.74, 6) is -2.21. The summed E-state index contributed by atoms with van der Waals surface area (Å²) < 4.78 is 68.3. The van der Waals surface area contributed by atoms with Gasteiger partial charge in [0.15, 0.2) is 12.2 Å². The third-order valence-electron chi connectivity index (χ3n) is 15.7. The molecule has 0 aliphatic rings. The zero-order chi connectivity index (χ0) is 69.0. The monoisotopic (exact) mass is 1370 g/mol. The van der Waals surface area contributed by atoms with Gasteiger partial charge in [0.05, 0.1) is 26.4 Å². The zero-order valence-electron chi connectivity index (χ0n) is 59.4. The van der Waals surface area contributed by atoms with Gasteiger partial charge in [0, 0.05) is 25.7 Å². The maximum atomic E-state index is 13.0. The summed E-state index contributed by atoms with van der Waals surface area (Å²) in [6.07, 6.45) is 66.2. The van der Waals surface area contributed by atoms with Crippen molar-refractivity contribution >= 4 is 39.5 Å². The highest BCUT2D eigenvalue weighted by molar-refractivity contribution is 7.47. The Morgan fingerprint density at radius 1 is 0.309 bits per heavy atom. The smallest absolute Gasteiger partial charge is 0.462 e. The molecule has 546 valence electrons. The summed E-state index contributed by atoms with van der Waals surface area (Å²) in [6.45, 7) is 4.66. The number of phosphoric acid groups is 2. The number of hydrogen-bond donors (Lipinski definition) is 3. The number of unbranched alkanes of at least 4 members (excludes halogenated alkanes) is 32. The van der Waals surface area contributed by atoms with Crippen molar-refractivity contribution in [1.29, 1.82) is 0 Å². The summed E-state index contributed by atoms with van der Waals surface area (Å²) in [7, 11) is -9.94. The first-order valence-electron chi connectivity index (χ1n) is 37.2. The standard InChI is InChI=1S/C75H134O17P2/c1-5-9-13-17-21-25-29-33-34-38-40-44-48-52-56-60-73(78)86-66-71(92-75(80)62-58-54-50-46-42-37-32-28-24-20-16-12-8-4)68-90-94(83,84)88-64-69(76)63-87-93(81,82)89-67-70(91-74(79)61-57-53-49-45-41-36-31-27-23-19-15-11-7-3)65-85-72(77)59-55-51-47-43-39-35-30-26-22-18-14-10-6-2/h9,13-14,18,21,25-26,30,33-34,40,44,69-71,76H,5-8,10-12,15-17,19-20,22-24,27-29,31-32,35-39,41-43,45-68H2,1-4H3,(H,81,82)(H,83,84)/b13-9-,18-14-,25-21-,30-26-,34-33-,44-40-. The van der Waals surface area contributed by atoms with E-state index in [1.807, 2.05) is 0 Å². The highest BCUT2D eigenvalue weighted by Crippen LogP contribution is 2.45.